The lowest BCUT2D eigenvalue weighted by atomic mass is 9.99. The molecular formula is C14H31NO2. The van der Waals surface area contributed by atoms with Gasteiger partial charge in [-0.25, -0.2) is 0 Å². The summed E-state index contributed by atoms with van der Waals surface area (Å²) in [6.07, 6.45) is 1.41. The maximum absolute atomic E-state index is 5.91. The minimum absolute atomic E-state index is 0.201. The highest BCUT2D eigenvalue weighted by atomic mass is 16.5. The number of hydrogen-bond acceptors (Lipinski definition) is 3. The Morgan fingerprint density at radius 1 is 1.18 bits per heavy atom. The molecule has 3 heteroatoms. The van der Waals surface area contributed by atoms with Crippen LogP contribution in [0.15, 0.2) is 0 Å². The molecule has 0 saturated heterocycles. The van der Waals surface area contributed by atoms with Gasteiger partial charge >= 0.3 is 0 Å². The molecule has 0 aliphatic carbocycles. The number of nitrogens with one attached hydrogen (secondary N) is 1. The van der Waals surface area contributed by atoms with Crippen molar-refractivity contribution in [1.82, 2.24) is 5.32 Å². The van der Waals surface area contributed by atoms with Gasteiger partial charge in [0.25, 0.3) is 0 Å². The van der Waals surface area contributed by atoms with Gasteiger partial charge in [0.2, 0.25) is 0 Å². The third kappa shape index (κ3) is 7.02. The van der Waals surface area contributed by atoms with Crippen LogP contribution in [0.1, 0.15) is 48.0 Å². The number of methoxy groups -OCH3 is 1. The molecule has 17 heavy (non-hydrogen) atoms. The van der Waals surface area contributed by atoms with E-state index in [-0.39, 0.29) is 11.6 Å². The minimum atomic E-state index is -0.201. The van der Waals surface area contributed by atoms with Crippen molar-refractivity contribution in [3.05, 3.63) is 0 Å². The summed E-state index contributed by atoms with van der Waals surface area (Å²) in [6, 6.07) is 0.229. The Hall–Kier alpha value is -0.120. The molecule has 1 N–H and O–H groups in total. The first-order valence-corrected chi connectivity index (χ1v) is 6.73. The minimum Gasteiger partial charge on any atom is -0.377 e. The maximum Gasteiger partial charge on any atom is 0.0797 e. The van der Waals surface area contributed by atoms with Crippen molar-refractivity contribution >= 4 is 0 Å². The lowest BCUT2D eigenvalue weighted by Gasteiger charge is -2.34. The molecule has 0 saturated carbocycles. The third-order valence-corrected chi connectivity index (χ3v) is 3.17. The van der Waals surface area contributed by atoms with Gasteiger partial charge in [-0.3, -0.25) is 0 Å². The van der Waals surface area contributed by atoms with Gasteiger partial charge in [-0.05, 0) is 39.7 Å². The van der Waals surface area contributed by atoms with Crippen LogP contribution < -0.4 is 5.32 Å². The number of likely N-dealkylation sites (N-methyl/N-ethyl adjacent to an activating group) is 1. The normalized spacial score (nSPS) is 16.2. The zero-order valence-electron chi connectivity index (χ0n) is 12.7. The van der Waals surface area contributed by atoms with Gasteiger partial charge in [0.05, 0.1) is 24.4 Å². The van der Waals surface area contributed by atoms with E-state index in [1.807, 2.05) is 0 Å². The van der Waals surface area contributed by atoms with E-state index in [4.69, 9.17) is 9.47 Å². The Bertz CT molecular complexity index is 193. The number of hydrogen-bond donors (Lipinski definition) is 1. The molecule has 0 heterocycles. The fourth-order valence-corrected chi connectivity index (χ4v) is 1.89. The van der Waals surface area contributed by atoms with E-state index >= 15 is 0 Å². The average molecular weight is 245 g/mol. The van der Waals surface area contributed by atoms with Crippen molar-refractivity contribution in [2.75, 3.05) is 20.3 Å². The molecule has 0 amide bonds. The molecule has 0 aliphatic rings. The third-order valence-electron chi connectivity index (χ3n) is 3.17. The van der Waals surface area contributed by atoms with Crippen LogP contribution in [0.25, 0.3) is 0 Å². The molecular weight excluding hydrogens is 214 g/mol. The summed E-state index contributed by atoms with van der Waals surface area (Å²) in [4.78, 5) is 0. The van der Waals surface area contributed by atoms with Gasteiger partial charge in [-0.1, -0.05) is 20.8 Å². The van der Waals surface area contributed by atoms with E-state index in [0.717, 1.165) is 13.0 Å². The van der Waals surface area contributed by atoms with Gasteiger partial charge < -0.3 is 14.8 Å². The highest BCUT2D eigenvalue weighted by Gasteiger charge is 2.29. The van der Waals surface area contributed by atoms with Crippen molar-refractivity contribution < 1.29 is 9.47 Å². The first-order valence-electron chi connectivity index (χ1n) is 6.73. The Labute approximate surface area is 107 Å². The predicted octanol–water partition coefficient (Wildman–Crippen LogP) is 2.84. The van der Waals surface area contributed by atoms with Crippen LogP contribution in [0, 0.1) is 5.92 Å². The van der Waals surface area contributed by atoms with Crippen molar-refractivity contribution in [2.45, 2.75) is 65.7 Å². The molecule has 0 fully saturated rings. The van der Waals surface area contributed by atoms with Gasteiger partial charge in [-0.2, -0.15) is 0 Å². The Kier molecular flexibility index (Phi) is 8.01. The lowest BCUT2D eigenvalue weighted by molar-refractivity contribution is -0.0531. The standard InChI is InChI=1S/C14H31NO2/c1-8-15-13(14(5,6)16-7)10-17-12(4)9-11(2)3/h11-13,15H,8-10H2,1-7H3. The van der Waals surface area contributed by atoms with Crippen LogP contribution in [0.2, 0.25) is 0 Å². The Morgan fingerprint density at radius 3 is 2.18 bits per heavy atom. The first kappa shape index (κ1) is 16.9. The summed E-state index contributed by atoms with van der Waals surface area (Å²) in [5.41, 5.74) is -0.201. The molecule has 0 bridgehead atoms. The number of rotatable bonds is 9. The second-order valence-corrected chi connectivity index (χ2v) is 5.69. The maximum atomic E-state index is 5.91. The second kappa shape index (κ2) is 8.06. The molecule has 2 unspecified atom stereocenters. The molecule has 0 aliphatic heterocycles. The van der Waals surface area contributed by atoms with Gasteiger partial charge in [0.1, 0.15) is 0 Å². The summed E-state index contributed by atoms with van der Waals surface area (Å²) in [5, 5.41) is 3.43. The van der Waals surface area contributed by atoms with Gasteiger partial charge in [0.15, 0.2) is 0 Å². The van der Waals surface area contributed by atoms with E-state index in [0.29, 0.717) is 18.6 Å². The smallest absolute Gasteiger partial charge is 0.0797 e. The molecule has 104 valence electrons. The molecule has 3 nitrogen and oxygen atoms in total. The van der Waals surface area contributed by atoms with Crippen LogP contribution in [-0.4, -0.2) is 38.0 Å². The monoisotopic (exact) mass is 245 g/mol. The molecule has 0 rings (SSSR count). The van der Waals surface area contributed by atoms with Crippen LogP contribution in [-0.2, 0) is 9.47 Å². The molecule has 0 spiro atoms. The SMILES string of the molecule is CCNC(COC(C)CC(C)C)C(C)(C)OC. The van der Waals surface area contributed by atoms with Crippen molar-refractivity contribution in [1.29, 1.82) is 0 Å². The van der Waals surface area contributed by atoms with E-state index in [1.54, 1.807) is 7.11 Å². The van der Waals surface area contributed by atoms with Crippen molar-refractivity contribution in [3.8, 4) is 0 Å². The molecule has 0 radical (unpaired) electrons. The molecule has 0 aromatic rings. The topological polar surface area (TPSA) is 30.5 Å². The van der Waals surface area contributed by atoms with Crippen LogP contribution in [0.3, 0.4) is 0 Å². The highest BCUT2D eigenvalue weighted by Crippen LogP contribution is 2.16. The van der Waals surface area contributed by atoms with Crippen molar-refractivity contribution in [2.24, 2.45) is 5.92 Å². The number of ether oxygens (including phenoxy) is 2. The quantitative estimate of drug-likeness (QED) is 0.677. The fraction of sp³-hybridized carbons (Fsp3) is 1.00. The highest BCUT2D eigenvalue weighted by molar-refractivity contribution is 4.85. The van der Waals surface area contributed by atoms with Crippen molar-refractivity contribution in [3.63, 3.8) is 0 Å². The van der Waals surface area contributed by atoms with Crippen LogP contribution >= 0.6 is 0 Å². The average Bonchev–Trinajstić information content (AvgIpc) is 2.22. The molecule has 0 aromatic heterocycles. The molecule has 2 atom stereocenters. The molecule has 0 aromatic carbocycles. The predicted molar refractivity (Wildman–Crippen MR) is 73.4 cm³/mol. The summed E-state index contributed by atoms with van der Waals surface area (Å²) in [7, 11) is 1.75. The van der Waals surface area contributed by atoms with E-state index < -0.39 is 0 Å². The Morgan fingerprint density at radius 2 is 1.76 bits per heavy atom. The van der Waals surface area contributed by atoms with Gasteiger partial charge in [0, 0.05) is 7.11 Å². The summed E-state index contributed by atoms with van der Waals surface area (Å²) in [6.45, 7) is 14.5. The van der Waals surface area contributed by atoms with Crippen LogP contribution in [0.5, 0.6) is 0 Å². The van der Waals surface area contributed by atoms with E-state index in [9.17, 15) is 0 Å². The Balaban J connectivity index is 4.18. The summed E-state index contributed by atoms with van der Waals surface area (Å²) in [5.74, 6) is 0.679. The van der Waals surface area contributed by atoms with Crippen LogP contribution in [0.4, 0.5) is 0 Å². The lowest BCUT2D eigenvalue weighted by Crippen LogP contribution is -2.51. The summed E-state index contributed by atoms with van der Waals surface area (Å²) < 4.78 is 11.4. The summed E-state index contributed by atoms with van der Waals surface area (Å²) >= 11 is 0. The first-order chi connectivity index (χ1) is 7.83. The largest absolute Gasteiger partial charge is 0.377 e. The zero-order valence-corrected chi connectivity index (χ0v) is 12.7. The van der Waals surface area contributed by atoms with E-state index in [2.05, 4.69) is 46.9 Å². The van der Waals surface area contributed by atoms with E-state index in [1.165, 1.54) is 0 Å². The fourth-order valence-electron chi connectivity index (χ4n) is 1.89. The van der Waals surface area contributed by atoms with Gasteiger partial charge in [-0.15, -0.1) is 0 Å². The zero-order chi connectivity index (χ0) is 13.5. The second-order valence-electron chi connectivity index (χ2n) is 5.69.